The highest BCUT2D eigenvalue weighted by atomic mass is 16.5. The van der Waals surface area contributed by atoms with Crippen LogP contribution in [0.5, 0.6) is 23.0 Å². The molecule has 2 aliphatic carbocycles. The zero-order valence-corrected chi connectivity index (χ0v) is 24.5. The molecule has 9 atom stereocenters. The fourth-order valence-electron chi connectivity index (χ4n) is 7.94. The predicted octanol–water partition coefficient (Wildman–Crippen LogP) is 4.25. The Hall–Kier alpha value is -3.47. The summed E-state index contributed by atoms with van der Waals surface area (Å²) in [5.74, 6) is -4.64. The number of hydrogen-bond acceptors (Lipinski definition) is 10. The first-order chi connectivity index (χ1) is 19.9. The highest BCUT2D eigenvalue weighted by Crippen LogP contribution is 2.57. The third kappa shape index (κ3) is 3.92. The van der Waals surface area contributed by atoms with Crippen LogP contribution in [0.1, 0.15) is 83.3 Å². The molecule has 0 amide bonds. The summed E-state index contributed by atoms with van der Waals surface area (Å²) < 4.78 is 23.0. The van der Waals surface area contributed by atoms with E-state index in [9.17, 15) is 29.7 Å². The Morgan fingerprint density at radius 3 is 1.86 bits per heavy atom. The van der Waals surface area contributed by atoms with E-state index in [1.807, 2.05) is 13.8 Å². The summed E-state index contributed by atoms with van der Waals surface area (Å²) in [7, 11) is 2.69. The van der Waals surface area contributed by atoms with Gasteiger partial charge in [-0.15, -0.1) is 0 Å². The molecule has 0 unspecified atom stereocenters. The number of phenols is 2. The number of methoxy groups -OCH3 is 2. The van der Waals surface area contributed by atoms with Gasteiger partial charge in [0.1, 0.15) is 23.0 Å². The van der Waals surface area contributed by atoms with Crippen LogP contribution in [0, 0.1) is 23.7 Å². The van der Waals surface area contributed by atoms with Gasteiger partial charge >= 0.3 is 0 Å². The quantitative estimate of drug-likeness (QED) is 0.481. The van der Waals surface area contributed by atoms with E-state index in [2.05, 4.69) is 0 Å². The minimum atomic E-state index is -1.07. The van der Waals surface area contributed by atoms with Gasteiger partial charge in [0.05, 0.1) is 78.8 Å². The summed E-state index contributed by atoms with van der Waals surface area (Å²) in [6, 6.07) is 2.88. The largest absolute Gasteiger partial charge is 0.506 e. The number of aliphatic hydroxyl groups is 1. The average molecular weight is 581 g/mol. The second-order valence-electron chi connectivity index (χ2n) is 12.1. The van der Waals surface area contributed by atoms with Gasteiger partial charge in [-0.05, 0) is 58.2 Å². The molecule has 4 aliphatic rings. The molecule has 2 aromatic rings. The van der Waals surface area contributed by atoms with Crippen LogP contribution >= 0.6 is 0 Å². The van der Waals surface area contributed by atoms with Crippen LogP contribution in [0.25, 0.3) is 11.1 Å². The molecular weight excluding hydrogens is 544 g/mol. The molecule has 0 aromatic heterocycles. The van der Waals surface area contributed by atoms with Crippen LogP contribution < -0.4 is 9.47 Å². The number of Topliss-reactive ketones (excluding diaryl/α,β-unsaturated/α-hetero) is 3. The Balaban J connectivity index is 1.58. The molecule has 42 heavy (non-hydrogen) atoms. The molecular formula is C32H36O10. The molecule has 224 valence electrons. The minimum Gasteiger partial charge on any atom is -0.506 e. The number of ether oxygens (including phenoxy) is 4. The summed E-state index contributed by atoms with van der Waals surface area (Å²) in [6.45, 7) is 7.26. The van der Waals surface area contributed by atoms with Crippen LogP contribution in [0.15, 0.2) is 12.1 Å². The Bertz CT molecular complexity index is 1510. The van der Waals surface area contributed by atoms with Crippen LogP contribution in [-0.4, -0.2) is 71.3 Å². The average Bonchev–Trinajstić information content (AvgIpc) is 2.93. The number of carbonyl (C=O) groups is 3. The number of hydrogen-bond donors (Lipinski definition) is 3. The Morgan fingerprint density at radius 1 is 0.714 bits per heavy atom. The first-order valence-electron chi connectivity index (χ1n) is 14.4. The Kier molecular flexibility index (Phi) is 6.87. The summed E-state index contributed by atoms with van der Waals surface area (Å²) in [5.41, 5.74) is -0.224. The van der Waals surface area contributed by atoms with Gasteiger partial charge < -0.3 is 34.3 Å². The maximum absolute atomic E-state index is 13.9. The Labute approximate surface area is 243 Å². The highest BCUT2D eigenvalue weighted by Gasteiger charge is 2.52. The van der Waals surface area contributed by atoms with Crippen molar-refractivity contribution < 1.29 is 48.7 Å². The maximum Gasteiger partial charge on any atom is 0.173 e. The normalized spacial score (nSPS) is 33.8. The van der Waals surface area contributed by atoms with E-state index in [1.165, 1.54) is 26.4 Å². The van der Waals surface area contributed by atoms with Gasteiger partial charge in [-0.3, -0.25) is 14.4 Å². The minimum absolute atomic E-state index is 0.0115. The molecule has 2 aliphatic heterocycles. The van der Waals surface area contributed by atoms with Crippen molar-refractivity contribution in [3.05, 3.63) is 34.4 Å². The first kappa shape index (κ1) is 28.6. The van der Waals surface area contributed by atoms with Gasteiger partial charge in [0.25, 0.3) is 0 Å². The van der Waals surface area contributed by atoms with E-state index >= 15 is 0 Å². The zero-order valence-electron chi connectivity index (χ0n) is 24.5. The number of aliphatic hydroxyl groups excluding tert-OH is 1. The second-order valence-corrected chi connectivity index (χ2v) is 12.1. The van der Waals surface area contributed by atoms with Crippen molar-refractivity contribution >= 4 is 17.3 Å². The van der Waals surface area contributed by atoms with E-state index in [1.54, 1.807) is 13.8 Å². The van der Waals surface area contributed by atoms with Crippen molar-refractivity contribution in [2.45, 2.75) is 71.1 Å². The monoisotopic (exact) mass is 580 g/mol. The molecule has 10 heteroatoms. The molecule has 0 saturated carbocycles. The summed E-state index contributed by atoms with van der Waals surface area (Å²) >= 11 is 0. The Morgan fingerprint density at radius 2 is 1.24 bits per heavy atom. The smallest absolute Gasteiger partial charge is 0.173 e. The van der Waals surface area contributed by atoms with E-state index in [4.69, 9.17) is 18.9 Å². The van der Waals surface area contributed by atoms with Crippen molar-refractivity contribution in [3.63, 3.8) is 0 Å². The van der Waals surface area contributed by atoms with Gasteiger partial charge in [0, 0.05) is 17.4 Å². The molecule has 0 radical (unpaired) electrons. The molecule has 0 bridgehead atoms. The van der Waals surface area contributed by atoms with E-state index < -0.39 is 65.0 Å². The van der Waals surface area contributed by atoms with E-state index in [0.29, 0.717) is 12.8 Å². The van der Waals surface area contributed by atoms with Crippen LogP contribution in [-0.2, 0) is 9.47 Å². The van der Waals surface area contributed by atoms with Crippen molar-refractivity contribution in [1.29, 1.82) is 0 Å². The number of ketones is 3. The SMILES string of the molecule is COc1cc2c(c(O)c1-c1c(OC)cc3c(c1O)C(=O)[C@H]1[C@@H](C[C@H](C)O[C@@H]1C)[C@H]3O)C(=O)[C@H]1[C@H](C[C@H](C)O[C@@H]1C)C2=O. The molecule has 2 fully saturated rings. The van der Waals surface area contributed by atoms with Crippen molar-refractivity contribution in [2.24, 2.45) is 23.7 Å². The molecule has 2 saturated heterocycles. The van der Waals surface area contributed by atoms with Crippen molar-refractivity contribution in [3.8, 4) is 34.1 Å². The van der Waals surface area contributed by atoms with Gasteiger partial charge in [-0.25, -0.2) is 0 Å². The van der Waals surface area contributed by atoms with Gasteiger partial charge in [-0.1, -0.05) is 0 Å². The maximum atomic E-state index is 13.9. The standard InChI is InChI=1S/C32H36O10/c1-11-7-15-21(13(3)41-11)29(35)23-17(27(15)33)9-19(39-5)25(31(23)37)26-20(40-6)10-18-24(32(26)38)30(36)22-14(4)42-12(2)8-16(22)28(18)34/h9-16,21-22,27,33,37-38H,7-8H2,1-6H3/t11-,12-,13+,14+,15+,16-,21+,22+,27+/m0/s1. The van der Waals surface area contributed by atoms with Crippen molar-refractivity contribution in [1.82, 2.24) is 0 Å². The lowest BCUT2D eigenvalue weighted by Crippen LogP contribution is -2.49. The molecule has 2 heterocycles. The van der Waals surface area contributed by atoms with E-state index in [-0.39, 0.29) is 62.9 Å². The number of rotatable bonds is 3. The van der Waals surface area contributed by atoms with E-state index in [0.717, 1.165) is 0 Å². The number of carbonyl (C=O) groups excluding carboxylic acids is 3. The number of benzene rings is 2. The third-order valence-corrected chi connectivity index (χ3v) is 9.66. The molecule has 6 rings (SSSR count). The van der Waals surface area contributed by atoms with Crippen LogP contribution in [0.4, 0.5) is 0 Å². The lowest BCUT2D eigenvalue weighted by molar-refractivity contribution is -0.110. The van der Waals surface area contributed by atoms with Gasteiger partial charge in [0.15, 0.2) is 17.3 Å². The predicted molar refractivity (Wildman–Crippen MR) is 149 cm³/mol. The van der Waals surface area contributed by atoms with Gasteiger partial charge in [-0.2, -0.15) is 0 Å². The van der Waals surface area contributed by atoms with Gasteiger partial charge in [0.2, 0.25) is 0 Å². The fourth-order valence-corrected chi connectivity index (χ4v) is 7.94. The zero-order chi connectivity index (χ0) is 30.4. The molecule has 10 nitrogen and oxygen atoms in total. The van der Waals surface area contributed by atoms with Crippen molar-refractivity contribution in [2.75, 3.05) is 14.2 Å². The summed E-state index contributed by atoms with van der Waals surface area (Å²) in [4.78, 5) is 41.5. The first-order valence-corrected chi connectivity index (χ1v) is 14.4. The summed E-state index contributed by atoms with van der Waals surface area (Å²) in [5, 5.41) is 34.9. The number of aromatic hydroxyl groups is 2. The summed E-state index contributed by atoms with van der Waals surface area (Å²) in [6.07, 6.45) is -1.65. The molecule has 2 aromatic carbocycles. The lowest BCUT2D eigenvalue weighted by atomic mass is 9.66. The lowest BCUT2D eigenvalue weighted by Gasteiger charge is -2.44. The number of phenolic OH excluding ortho intramolecular Hbond substituents is 2. The second kappa shape index (κ2) is 10.1. The van der Waals surface area contributed by atoms with Crippen LogP contribution in [0.3, 0.4) is 0 Å². The molecule has 0 spiro atoms. The highest BCUT2D eigenvalue weighted by molar-refractivity contribution is 6.19. The topological polar surface area (TPSA) is 149 Å². The van der Waals surface area contributed by atoms with Crippen LogP contribution in [0.2, 0.25) is 0 Å². The third-order valence-electron chi connectivity index (χ3n) is 9.66. The number of fused-ring (bicyclic) bond motifs is 4. The molecule has 3 N–H and O–H groups in total. The fraction of sp³-hybridized carbons (Fsp3) is 0.531.